The van der Waals surface area contributed by atoms with E-state index in [4.69, 9.17) is 0 Å². The summed E-state index contributed by atoms with van der Waals surface area (Å²) in [6.07, 6.45) is 4.93. The van der Waals surface area contributed by atoms with Crippen molar-refractivity contribution < 1.29 is 22.7 Å². The maximum atomic E-state index is 13.1. The Labute approximate surface area is 166 Å². The van der Waals surface area contributed by atoms with Crippen LogP contribution in [-0.2, 0) is 24.3 Å². The molecule has 2 aliphatic rings. The third-order valence-corrected chi connectivity index (χ3v) is 7.85. The first-order valence-electron chi connectivity index (χ1n) is 9.79. The van der Waals surface area contributed by atoms with E-state index in [9.17, 15) is 18.0 Å². The third kappa shape index (κ3) is 4.22. The molecule has 1 aliphatic heterocycles. The molecule has 3 rings (SSSR count). The fraction of sp³-hybridized carbons (Fsp3) is 0.600. The minimum Gasteiger partial charge on any atom is -0.469 e. The number of nitrogens with one attached hydrogen (secondary N) is 1. The highest BCUT2D eigenvalue weighted by Gasteiger charge is 2.53. The molecule has 1 heterocycles. The number of benzene rings is 1. The summed E-state index contributed by atoms with van der Waals surface area (Å²) in [5.41, 5.74) is -0.324. The molecule has 2 fully saturated rings. The number of sulfonamides is 1. The van der Waals surface area contributed by atoms with Crippen LogP contribution in [0.3, 0.4) is 0 Å². The molecule has 154 valence electrons. The van der Waals surface area contributed by atoms with Crippen molar-refractivity contribution in [2.45, 2.75) is 43.4 Å². The third-order valence-electron chi connectivity index (χ3n) is 6.02. The summed E-state index contributed by atoms with van der Waals surface area (Å²) in [7, 11) is -2.33. The first kappa shape index (κ1) is 20.8. The van der Waals surface area contributed by atoms with Crippen molar-refractivity contribution in [1.82, 2.24) is 9.62 Å². The van der Waals surface area contributed by atoms with Gasteiger partial charge < -0.3 is 10.1 Å². The second kappa shape index (κ2) is 8.61. The number of ether oxygens (including phenoxy) is 1. The van der Waals surface area contributed by atoms with Crippen molar-refractivity contribution in [3.63, 3.8) is 0 Å². The first-order chi connectivity index (χ1) is 13.4. The van der Waals surface area contributed by atoms with Crippen LogP contribution in [0.25, 0.3) is 0 Å². The predicted molar refractivity (Wildman–Crippen MR) is 104 cm³/mol. The van der Waals surface area contributed by atoms with Gasteiger partial charge in [-0.1, -0.05) is 37.5 Å². The average Bonchev–Trinajstić information content (AvgIpc) is 3.08. The first-order valence-corrected chi connectivity index (χ1v) is 11.2. The smallest absolute Gasteiger partial charge is 0.307 e. The van der Waals surface area contributed by atoms with Gasteiger partial charge in [-0.3, -0.25) is 9.59 Å². The number of methoxy groups -OCH3 is 1. The molecule has 1 aliphatic carbocycles. The van der Waals surface area contributed by atoms with Gasteiger partial charge in [-0.15, -0.1) is 0 Å². The summed E-state index contributed by atoms with van der Waals surface area (Å²) < 4.78 is 32.3. The summed E-state index contributed by atoms with van der Waals surface area (Å²) in [5.74, 6) is -0.951. The van der Waals surface area contributed by atoms with Crippen LogP contribution in [0.1, 0.15) is 38.5 Å². The van der Waals surface area contributed by atoms with Crippen LogP contribution >= 0.6 is 0 Å². The zero-order valence-corrected chi connectivity index (χ0v) is 17.0. The van der Waals surface area contributed by atoms with Gasteiger partial charge in [0.2, 0.25) is 15.9 Å². The van der Waals surface area contributed by atoms with Gasteiger partial charge in [-0.2, -0.15) is 4.31 Å². The molecule has 1 saturated carbocycles. The zero-order chi connectivity index (χ0) is 20.2. The van der Waals surface area contributed by atoms with Gasteiger partial charge in [0.1, 0.15) is 0 Å². The molecule has 1 spiro atoms. The minimum absolute atomic E-state index is 0.105. The second-order valence-corrected chi connectivity index (χ2v) is 9.64. The van der Waals surface area contributed by atoms with E-state index >= 15 is 0 Å². The molecule has 28 heavy (non-hydrogen) atoms. The maximum Gasteiger partial charge on any atom is 0.307 e. The number of hydrogen-bond acceptors (Lipinski definition) is 5. The van der Waals surface area contributed by atoms with E-state index in [1.807, 2.05) is 0 Å². The fourth-order valence-electron chi connectivity index (χ4n) is 4.48. The molecule has 1 N–H and O–H groups in total. The predicted octanol–water partition coefficient (Wildman–Crippen LogP) is 1.94. The highest BCUT2D eigenvalue weighted by atomic mass is 32.2. The second-order valence-electron chi connectivity index (χ2n) is 7.70. The quantitative estimate of drug-likeness (QED) is 0.726. The summed E-state index contributed by atoms with van der Waals surface area (Å²) in [4.78, 5) is 24.5. The van der Waals surface area contributed by atoms with Gasteiger partial charge in [-0.05, 0) is 30.4 Å². The summed E-state index contributed by atoms with van der Waals surface area (Å²) in [6.45, 7) is 0.754. The van der Waals surface area contributed by atoms with E-state index < -0.39 is 15.9 Å². The Morgan fingerprint density at radius 2 is 1.86 bits per heavy atom. The minimum atomic E-state index is -3.64. The molecule has 7 nitrogen and oxygen atoms in total. The summed E-state index contributed by atoms with van der Waals surface area (Å²) in [5, 5.41) is 2.81. The van der Waals surface area contributed by atoms with Crippen LogP contribution in [0, 0.1) is 11.3 Å². The van der Waals surface area contributed by atoms with E-state index in [0.717, 1.165) is 32.1 Å². The number of hydrogen-bond donors (Lipinski definition) is 1. The summed E-state index contributed by atoms with van der Waals surface area (Å²) in [6, 6.07) is 8.37. The number of amides is 1. The van der Waals surface area contributed by atoms with Gasteiger partial charge in [0.25, 0.3) is 0 Å². The molecule has 0 bridgehead atoms. The van der Waals surface area contributed by atoms with Crippen LogP contribution in [0.5, 0.6) is 0 Å². The van der Waals surface area contributed by atoms with Gasteiger partial charge >= 0.3 is 5.97 Å². The Morgan fingerprint density at radius 3 is 2.50 bits per heavy atom. The van der Waals surface area contributed by atoms with E-state index in [-0.39, 0.29) is 41.7 Å². The van der Waals surface area contributed by atoms with Crippen LogP contribution < -0.4 is 5.32 Å². The molecule has 0 aromatic heterocycles. The number of esters is 1. The lowest BCUT2D eigenvalue weighted by Crippen LogP contribution is -2.43. The molecule has 1 amide bonds. The van der Waals surface area contributed by atoms with E-state index in [0.29, 0.717) is 6.54 Å². The van der Waals surface area contributed by atoms with Crippen LogP contribution in [0.2, 0.25) is 0 Å². The number of carbonyl (C=O) groups excluding carboxylic acids is 2. The summed E-state index contributed by atoms with van der Waals surface area (Å²) >= 11 is 0. The Morgan fingerprint density at radius 1 is 1.18 bits per heavy atom. The topological polar surface area (TPSA) is 92.8 Å². The molecule has 1 aromatic rings. The lowest BCUT2D eigenvalue weighted by atomic mass is 9.67. The Kier molecular flexibility index (Phi) is 6.40. The van der Waals surface area contributed by atoms with Crippen LogP contribution in [-0.4, -0.2) is 51.3 Å². The molecule has 1 unspecified atom stereocenters. The van der Waals surface area contributed by atoms with Gasteiger partial charge in [-0.25, -0.2) is 8.42 Å². The van der Waals surface area contributed by atoms with Crippen LogP contribution in [0.4, 0.5) is 0 Å². The number of rotatable bonds is 6. The largest absolute Gasteiger partial charge is 0.469 e. The molecule has 0 radical (unpaired) electrons. The van der Waals surface area contributed by atoms with E-state index in [2.05, 4.69) is 10.1 Å². The number of carbonyl (C=O) groups is 2. The SMILES string of the molecule is COC(=O)CCNC(=O)C1CN(S(=O)(=O)c2ccccc2)CC12CCCCC2. The Balaban J connectivity index is 1.78. The van der Waals surface area contributed by atoms with Crippen molar-refractivity contribution in [1.29, 1.82) is 0 Å². The molecular weight excluding hydrogens is 380 g/mol. The molecular formula is C20H28N2O5S. The van der Waals surface area contributed by atoms with Crippen molar-refractivity contribution in [2.24, 2.45) is 11.3 Å². The monoisotopic (exact) mass is 408 g/mol. The maximum absolute atomic E-state index is 13.1. The Bertz CT molecular complexity index is 803. The normalized spacial score (nSPS) is 22.1. The molecule has 1 saturated heterocycles. The van der Waals surface area contributed by atoms with Crippen molar-refractivity contribution in [3.8, 4) is 0 Å². The standard InChI is InChI=1S/C20H28N2O5S/c1-27-18(23)10-13-21-19(24)17-14-22(15-20(17)11-6-3-7-12-20)28(25,26)16-8-4-2-5-9-16/h2,4-5,8-9,17H,3,6-7,10-15H2,1H3,(H,21,24). The molecule has 8 heteroatoms. The highest BCUT2D eigenvalue weighted by Crippen LogP contribution is 2.48. The van der Waals surface area contributed by atoms with E-state index in [1.54, 1.807) is 30.3 Å². The lowest BCUT2D eigenvalue weighted by Gasteiger charge is -2.37. The lowest BCUT2D eigenvalue weighted by molar-refractivity contribution is -0.140. The zero-order valence-electron chi connectivity index (χ0n) is 16.2. The Hall–Kier alpha value is -1.93. The average molecular weight is 409 g/mol. The van der Waals surface area contributed by atoms with Crippen molar-refractivity contribution in [2.75, 3.05) is 26.7 Å². The van der Waals surface area contributed by atoms with Gasteiger partial charge in [0, 0.05) is 19.6 Å². The van der Waals surface area contributed by atoms with E-state index in [1.165, 1.54) is 11.4 Å². The highest BCUT2D eigenvalue weighted by molar-refractivity contribution is 7.89. The van der Waals surface area contributed by atoms with Crippen LogP contribution in [0.15, 0.2) is 35.2 Å². The molecule has 1 atom stereocenters. The van der Waals surface area contributed by atoms with Crippen molar-refractivity contribution >= 4 is 21.9 Å². The van der Waals surface area contributed by atoms with Gasteiger partial charge in [0.05, 0.1) is 24.3 Å². The molecule has 1 aromatic carbocycles. The van der Waals surface area contributed by atoms with Gasteiger partial charge in [0.15, 0.2) is 0 Å². The van der Waals surface area contributed by atoms with Crippen molar-refractivity contribution in [3.05, 3.63) is 30.3 Å². The number of nitrogens with zero attached hydrogens (tertiary/aromatic N) is 1. The fourth-order valence-corrected chi connectivity index (χ4v) is 6.06.